The highest BCUT2D eigenvalue weighted by atomic mass is 35.5. The molecule has 2 aliphatic heterocycles. The van der Waals surface area contributed by atoms with E-state index in [0.29, 0.717) is 24.7 Å². The van der Waals surface area contributed by atoms with Crippen LogP contribution in [-0.2, 0) is 10.0 Å². The number of sulfonamides is 1. The van der Waals surface area contributed by atoms with Crippen LogP contribution in [0.1, 0.15) is 18.4 Å². The molecular formula is C14H16ClN3O2S. The molecule has 1 atom stereocenters. The van der Waals surface area contributed by atoms with Crippen LogP contribution in [0, 0.1) is 11.3 Å². The molecule has 0 radical (unpaired) electrons. The highest BCUT2D eigenvalue weighted by molar-refractivity contribution is 7.89. The third-order valence-corrected chi connectivity index (χ3v) is 6.57. The first-order valence-electron chi connectivity index (χ1n) is 6.96. The molecule has 0 amide bonds. The minimum Gasteiger partial charge on any atom is -0.298 e. The van der Waals surface area contributed by atoms with Crippen molar-refractivity contribution in [2.45, 2.75) is 23.8 Å². The van der Waals surface area contributed by atoms with E-state index in [1.54, 1.807) is 0 Å². The monoisotopic (exact) mass is 325 g/mol. The van der Waals surface area contributed by atoms with E-state index in [1.165, 1.54) is 22.5 Å². The van der Waals surface area contributed by atoms with Gasteiger partial charge in [-0.25, -0.2) is 8.42 Å². The first kappa shape index (κ1) is 14.8. The van der Waals surface area contributed by atoms with Gasteiger partial charge in [0.25, 0.3) is 0 Å². The highest BCUT2D eigenvalue weighted by Gasteiger charge is 2.37. The Hall–Kier alpha value is -1.13. The molecule has 1 aromatic carbocycles. The van der Waals surface area contributed by atoms with Crippen molar-refractivity contribution in [3.05, 3.63) is 28.8 Å². The van der Waals surface area contributed by atoms with Gasteiger partial charge in [-0.3, -0.25) is 4.90 Å². The fourth-order valence-electron chi connectivity index (χ4n) is 3.09. The first-order valence-corrected chi connectivity index (χ1v) is 8.78. The van der Waals surface area contributed by atoms with Gasteiger partial charge in [-0.2, -0.15) is 9.57 Å². The summed E-state index contributed by atoms with van der Waals surface area (Å²) in [6, 6.07) is 6.62. The minimum absolute atomic E-state index is 0.0367. The quantitative estimate of drug-likeness (QED) is 0.830. The molecule has 112 valence electrons. The van der Waals surface area contributed by atoms with Gasteiger partial charge in [0, 0.05) is 25.7 Å². The fraction of sp³-hybridized carbons (Fsp3) is 0.500. The summed E-state index contributed by atoms with van der Waals surface area (Å²) in [4.78, 5) is 2.38. The second-order valence-corrected chi connectivity index (χ2v) is 7.77. The zero-order valence-electron chi connectivity index (χ0n) is 11.5. The summed E-state index contributed by atoms with van der Waals surface area (Å²) < 4.78 is 27.1. The van der Waals surface area contributed by atoms with Crippen LogP contribution in [0.4, 0.5) is 0 Å². The Bertz CT molecular complexity index is 699. The zero-order valence-corrected chi connectivity index (χ0v) is 13.1. The average Bonchev–Trinajstić information content (AvgIpc) is 2.95. The number of hydrogen-bond donors (Lipinski definition) is 0. The molecule has 2 heterocycles. The van der Waals surface area contributed by atoms with Gasteiger partial charge in [0.15, 0.2) is 0 Å². The van der Waals surface area contributed by atoms with Gasteiger partial charge < -0.3 is 0 Å². The van der Waals surface area contributed by atoms with Crippen LogP contribution in [0.2, 0.25) is 5.02 Å². The molecule has 7 heteroatoms. The molecule has 2 saturated heterocycles. The van der Waals surface area contributed by atoms with Crippen molar-refractivity contribution in [2.75, 3.05) is 26.2 Å². The summed E-state index contributed by atoms with van der Waals surface area (Å²) in [5.74, 6) is 0. The van der Waals surface area contributed by atoms with Gasteiger partial charge in [0.05, 0.1) is 16.7 Å². The molecule has 0 bridgehead atoms. The number of fused-ring (bicyclic) bond motifs is 1. The van der Waals surface area contributed by atoms with E-state index < -0.39 is 10.0 Å². The predicted molar refractivity (Wildman–Crippen MR) is 79.5 cm³/mol. The Morgan fingerprint density at radius 2 is 2.10 bits per heavy atom. The summed E-state index contributed by atoms with van der Waals surface area (Å²) in [5, 5.41) is 9.11. The van der Waals surface area contributed by atoms with Gasteiger partial charge in [-0.15, -0.1) is 0 Å². The van der Waals surface area contributed by atoms with Crippen molar-refractivity contribution in [1.29, 1.82) is 5.26 Å². The molecule has 1 aromatic rings. The number of nitrogens with zero attached hydrogens (tertiary/aromatic N) is 3. The number of nitriles is 1. The topological polar surface area (TPSA) is 64.4 Å². The van der Waals surface area contributed by atoms with E-state index in [1.807, 2.05) is 6.07 Å². The van der Waals surface area contributed by atoms with Crippen LogP contribution >= 0.6 is 11.6 Å². The molecule has 0 aromatic heterocycles. The maximum absolute atomic E-state index is 12.8. The lowest BCUT2D eigenvalue weighted by Gasteiger charge is -2.36. The first-order chi connectivity index (χ1) is 10.0. The molecule has 0 spiro atoms. The van der Waals surface area contributed by atoms with Crippen molar-refractivity contribution >= 4 is 21.6 Å². The maximum atomic E-state index is 12.8. The summed E-state index contributed by atoms with van der Waals surface area (Å²) in [6.45, 7) is 2.81. The third kappa shape index (κ3) is 2.67. The third-order valence-electron chi connectivity index (χ3n) is 4.23. The summed E-state index contributed by atoms with van der Waals surface area (Å²) in [7, 11) is -3.64. The average molecular weight is 326 g/mol. The van der Waals surface area contributed by atoms with E-state index in [-0.39, 0.29) is 9.92 Å². The number of benzene rings is 1. The lowest BCUT2D eigenvalue weighted by molar-refractivity contribution is 0.158. The van der Waals surface area contributed by atoms with Crippen molar-refractivity contribution in [1.82, 2.24) is 9.21 Å². The Kier molecular flexibility index (Phi) is 3.93. The zero-order chi connectivity index (χ0) is 15.0. The predicted octanol–water partition coefficient (Wildman–Crippen LogP) is 1.68. The fourth-order valence-corrected chi connectivity index (χ4v) is 5.06. The van der Waals surface area contributed by atoms with E-state index in [2.05, 4.69) is 4.90 Å². The van der Waals surface area contributed by atoms with Gasteiger partial charge in [0.2, 0.25) is 10.0 Å². The van der Waals surface area contributed by atoms with E-state index in [9.17, 15) is 8.42 Å². The number of piperazine rings is 1. The Morgan fingerprint density at radius 3 is 2.86 bits per heavy atom. The molecule has 2 aliphatic rings. The normalized spacial score (nSPS) is 23.7. The van der Waals surface area contributed by atoms with Crippen LogP contribution in [0.3, 0.4) is 0 Å². The Morgan fingerprint density at radius 1 is 1.29 bits per heavy atom. The van der Waals surface area contributed by atoms with Crippen LogP contribution in [0.25, 0.3) is 0 Å². The number of halogens is 1. The van der Waals surface area contributed by atoms with Crippen LogP contribution < -0.4 is 0 Å². The second-order valence-electron chi connectivity index (χ2n) is 5.45. The van der Waals surface area contributed by atoms with Gasteiger partial charge in [-0.05, 0) is 37.6 Å². The Labute approximate surface area is 129 Å². The summed E-state index contributed by atoms with van der Waals surface area (Å²) >= 11 is 6.04. The van der Waals surface area contributed by atoms with Crippen molar-refractivity contribution in [3.63, 3.8) is 0 Å². The standard InChI is InChI=1S/C14H16ClN3O2S/c15-13-4-3-11(9-16)8-14(13)21(19,20)18-7-6-17-5-1-2-12(17)10-18/h3-4,8,12H,1-2,5-7,10H2. The number of rotatable bonds is 2. The lowest BCUT2D eigenvalue weighted by Crippen LogP contribution is -2.51. The van der Waals surface area contributed by atoms with Crippen LogP contribution in [0.15, 0.2) is 23.1 Å². The molecule has 21 heavy (non-hydrogen) atoms. The van der Waals surface area contributed by atoms with Crippen molar-refractivity contribution in [2.24, 2.45) is 0 Å². The molecule has 5 nitrogen and oxygen atoms in total. The van der Waals surface area contributed by atoms with Crippen LogP contribution in [-0.4, -0.2) is 49.8 Å². The number of hydrogen-bond acceptors (Lipinski definition) is 4. The lowest BCUT2D eigenvalue weighted by atomic mass is 10.2. The van der Waals surface area contributed by atoms with E-state index in [0.717, 1.165) is 25.9 Å². The van der Waals surface area contributed by atoms with Gasteiger partial charge in [-0.1, -0.05) is 11.6 Å². The molecule has 2 fully saturated rings. The van der Waals surface area contributed by atoms with E-state index in [4.69, 9.17) is 16.9 Å². The van der Waals surface area contributed by atoms with Crippen molar-refractivity contribution in [3.8, 4) is 6.07 Å². The largest absolute Gasteiger partial charge is 0.298 e. The maximum Gasteiger partial charge on any atom is 0.244 e. The van der Waals surface area contributed by atoms with Crippen molar-refractivity contribution < 1.29 is 8.42 Å². The van der Waals surface area contributed by atoms with E-state index >= 15 is 0 Å². The molecule has 0 N–H and O–H groups in total. The van der Waals surface area contributed by atoms with Crippen LogP contribution in [0.5, 0.6) is 0 Å². The Balaban J connectivity index is 1.92. The van der Waals surface area contributed by atoms with Gasteiger partial charge in [0.1, 0.15) is 4.90 Å². The molecule has 3 rings (SSSR count). The molecule has 1 unspecified atom stereocenters. The SMILES string of the molecule is N#Cc1ccc(Cl)c(S(=O)(=O)N2CCN3CCCC3C2)c1. The summed E-state index contributed by atoms with van der Waals surface area (Å²) in [6.07, 6.45) is 2.17. The second kappa shape index (κ2) is 5.58. The summed E-state index contributed by atoms with van der Waals surface area (Å²) in [5.41, 5.74) is 0.303. The smallest absolute Gasteiger partial charge is 0.244 e. The molecular weight excluding hydrogens is 310 g/mol. The highest BCUT2D eigenvalue weighted by Crippen LogP contribution is 2.29. The van der Waals surface area contributed by atoms with Gasteiger partial charge >= 0.3 is 0 Å². The minimum atomic E-state index is -3.64. The molecule has 0 saturated carbocycles. The molecule has 0 aliphatic carbocycles.